The first-order chi connectivity index (χ1) is 7.59. The van der Waals surface area contributed by atoms with E-state index in [1.165, 1.54) is 6.07 Å². The number of aliphatic carboxylic acids is 1. The van der Waals surface area contributed by atoms with Crippen LogP contribution < -0.4 is 5.32 Å². The van der Waals surface area contributed by atoms with Crippen LogP contribution >= 0.6 is 0 Å². The van der Waals surface area contributed by atoms with Gasteiger partial charge in [0.15, 0.2) is 0 Å². The second-order valence-corrected chi connectivity index (χ2v) is 3.75. The highest BCUT2D eigenvalue weighted by molar-refractivity contribution is 5.87. The lowest BCUT2D eigenvalue weighted by molar-refractivity contribution is -0.142. The molecule has 1 aliphatic heterocycles. The number of carbonyl (C=O) groups excluding carboxylic acids is 1. The first-order valence-corrected chi connectivity index (χ1v) is 4.89. The average Bonchev–Trinajstić information content (AvgIpc) is 2.61. The molecule has 5 heteroatoms. The van der Waals surface area contributed by atoms with Crippen LogP contribution in [0.1, 0.15) is 18.0 Å². The summed E-state index contributed by atoms with van der Waals surface area (Å²) in [6.45, 7) is 0. The van der Waals surface area contributed by atoms with Gasteiger partial charge in [0.05, 0.1) is 12.0 Å². The van der Waals surface area contributed by atoms with Crippen LogP contribution in [0.3, 0.4) is 0 Å². The van der Waals surface area contributed by atoms with Crippen molar-refractivity contribution in [1.29, 1.82) is 0 Å². The number of hydrogen-bond acceptors (Lipinski definition) is 3. The molecular formula is C11H11NO4. The molecule has 1 heterocycles. The Labute approximate surface area is 91.7 Å². The third-order valence-electron chi connectivity index (χ3n) is 2.71. The lowest BCUT2D eigenvalue weighted by atomic mass is 9.94. The fourth-order valence-corrected chi connectivity index (χ4v) is 1.93. The Morgan fingerprint density at radius 2 is 2.06 bits per heavy atom. The predicted molar refractivity (Wildman–Crippen MR) is 54.7 cm³/mol. The minimum atomic E-state index is -1.04. The van der Waals surface area contributed by atoms with Crippen molar-refractivity contribution in [3.8, 4) is 5.75 Å². The van der Waals surface area contributed by atoms with Crippen molar-refractivity contribution in [2.75, 3.05) is 0 Å². The van der Waals surface area contributed by atoms with Crippen LogP contribution in [-0.2, 0) is 9.59 Å². The number of hydrogen-bond donors (Lipinski definition) is 3. The van der Waals surface area contributed by atoms with E-state index in [0.717, 1.165) is 0 Å². The van der Waals surface area contributed by atoms with E-state index >= 15 is 0 Å². The summed E-state index contributed by atoms with van der Waals surface area (Å²) in [5.74, 6) is -2.16. The van der Waals surface area contributed by atoms with Gasteiger partial charge in [-0.2, -0.15) is 0 Å². The smallest absolute Gasteiger partial charge is 0.309 e. The van der Waals surface area contributed by atoms with Gasteiger partial charge < -0.3 is 15.5 Å². The highest BCUT2D eigenvalue weighted by Gasteiger charge is 2.39. The van der Waals surface area contributed by atoms with Crippen molar-refractivity contribution < 1.29 is 19.8 Å². The van der Waals surface area contributed by atoms with Crippen molar-refractivity contribution in [3.05, 3.63) is 29.8 Å². The summed E-state index contributed by atoms with van der Waals surface area (Å²) in [5, 5.41) is 21.2. The molecule has 1 aliphatic rings. The molecule has 0 saturated carbocycles. The van der Waals surface area contributed by atoms with Gasteiger partial charge in [0, 0.05) is 12.0 Å². The fourth-order valence-electron chi connectivity index (χ4n) is 1.93. The van der Waals surface area contributed by atoms with Gasteiger partial charge in [-0.1, -0.05) is 18.2 Å². The Bertz CT molecular complexity index is 443. The Kier molecular flexibility index (Phi) is 2.52. The molecular weight excluding hydrogens is 210 g/mol. The summed E-state index contributed by atoms with van der Waals surface area (Å²) in [5.41, 5.74) is 0.445. The van der Waals surface area contributed by atoms with Gasteiger partial charge in [-0.25, -0.2) is 0 Å². The fraction of sp³-hybridized carbons (Fsp3) is 0.273. The molecule has 0 aliphatic carbocycles. The molecule has 1 amide bonds. The maximum Gasteiger partial charge on any atom is 0.309 e. The maximum absolute atomic E-state index is 11.2. The summed E-state index contributed by atoms with van der Waals surface area (Å²) < 4.78 is 0. The highest BCUT2D eigenvalue weighted by atomic mass is 16.4. The first-order valence-electron chi connectivity index (χ1n) is 4.89. The van der Waals surface area contributed by atoms with Gasteiger partial charge in [0.1, 0.15) is 5.75 Å². The molecule has 1 fully saturated rings. The molecule has 16 heavy (non-hydrogen) atoms. The molecule has 0 bridgehead atoms. The van der Waals surface area contributed by atoms with Crippen molar-refractivity contribution in [1.82, 2.24) is 5.32 Å². The summed E-state index contributed by atoms with van der Waals surface area (Å²) in [4.78, 5) is 22.2. The van der Waals surface area contributed by atoms with E-state index in [1.807, 2.05) is 0 Å². The summed E-state index contributed by atoms with van der Waals surface area (Å²) in [6, 6.07) is 5.77. The monoisotopic (exact) mass is 221 g/mol. The topological polar surface area (TPSA) is 86.6 Å². The third kappa shape index (κ3) is 1.71. The highest BCUT2D eigenvalue weighted by Crippen LogP contribution is 2.34. The van der Waals surface area contributed by atoms with E-state index in [0.29, 0.717) is 5.56 Å². The number of amides is 1. The lowest BCUT2D eigenvalue weighted by Gasteiger charge is -2.16. The molecule has 1 saturated heterocycles. The lowest BCUT2D eigenvalue weighted by Crippen LogP contribution is -2.24. The molecule has 2 rings (SSSR count). The molecule has 84 valence electrons. The maximum atomic E-state index is 11.2. The van der Waals surface area contributed by atoms with Gasteiger partial charge in [-0.15, -0.1) is 0 Å². The summed E-state index contributed by atoms with van der Waals surface area (Å²) in [6.07, 6.45) is -0.0473. The zero-order chi connectivity index (χ0) is 11.7. The molecule has 5 nitrogen and oxygen atoms in total. The number of phenols is 1. The first kappa shape index (κ1) is 10.5. The van der Waals surface area contributed by atoms with Crippen LogP contribution in [0.2, 0.25) is 0 Å². The number of aromatic hydroxyl groups is 1. The minimum Gasteiger partial charge on any atom is -0.508 e. The molecule has 1 aromatic rings. The second kappa shape index (κ2) is 3.84. The number of benzene rings is 1. The zero-order valence-electron chi connectivity index (χ0n) is 8.38. The second-order valence-electron chi connectivity index (χ2n) is 3.75. The summed E-state index contributed by atoms with van der Waals surface area (Å²) in [7, 11) is 0. The Morgan fingerprint density at radius 1 is 1.38 bits per heavy atom. The largest absolute Gasteiger partial charge is 0.508 e. The van der Waals surface area contributed by atoms with Crippen LogP contribution in [0.25, 0.3) is 0 Å². The predicted octanol–water partition coefficient (Wildman–Crippen LogP) is 0.654. The quantitative estimate of drug-likeness (QED) is 0.684. The van der Waals surface area contributed by atoms with E-state index in [-0.39, 0.29) is 18.1 Å². The van der Waals surface area contributed by atoms with Crippen molar-refractivity contribution in [3.63, 3.8) is 0 Å². The van der Waals surface area contributed by atoms with Gasteiger partial charge in [0.25, 0.3) is 0 Å². The number of carbonyl (C=O) groups is 2. The number of nitrogens with one attached hydrogen (secondary N) is 1. The molecule has 3 N–H and O–H groups in total. The van der Waals surface area contributed by atoms with E-state index in [9.17, 15) is 14.7 Å². The number of rotatable bonds is 2. The van der Waals surface area contributed by atoms with Gasteiger partial charge >= 0.3 is 5.97 Å². The van der Waals surface area contributed by atoms with Crippen molar-refractivity contribution in [2.45, 2.75) is 12.5 Å². The van der Waals surface area contributed by atoms with Gasteiger partial charge in [-0.05, 0) is 6.07 Å². The van der Waals surface area contributed by atoms with Gasteiger partial charge in [0.2, 0.25) is 5.91 Å². The number of phenolic OH excluding ortho intramolecular Hbond substituents is 1. The normalized spacial score (nSPS) is 24.1. The number of para-hydroxylation sites is 1. The Balaban J connectivity index is 2.36. The molecule has 0 spiro atoms. The Morgan fingerprint density at radius 3 is 2.69 bits per heavy atom. The van der Waals surface area contributed by atoms with Crippen molar-refractivity contribution >= 4 is 11.9 Å². The van der Waals surface area contributed by atoms with Crippen LogP contribution in [0.5, 0.6) is 5.75 Å². The molecule has 0 unspecified atom stereocenters. The number of carboxylic acids is 1. The van der Waals surface area contributed by atoms with E-state index in [2.05, 4.69) is 5.32 Å². The minimum absolute atomic E-state index is 0.000880. The van der Waals surface area contributed by atoms with Crippen LogP contribution in [0, 0.1) is 5.92 Å². The Hall–Kier alpha value is -2.04. The SMILES string of the molecule is O=C1C[C@H](C(=O)O)[C@@H](c2ccccc2O)N1. The van der Waals surface area contributed by atoms with Crippen LogP contribution in [-0.4, -0.2) is 22.1 Å². The van der Waals surface area contributed by atoms with E-state index < -0.39 is 17.9 Å². The van der Waals surface area contributed by atoms with Gasteiger partial charge in [-0.3, -0.25) is 9.59 Å². The van der Waals surface area contributed by atoms with Crippen LogP contribution in [0.4, 0.5) is 0 Å². The average molecular weight is 221 g/mol. The van der Waals surface area contributed by atoms with Crippen LogP contribution in [0.15, 0.2) is 24.3 Å². The number of carboxylic acid groups (broad SMARTS) is 1. The standard InChI is InChI=1S/C11H11NO4/c13-8-4-2-1-3-6(8)10-7(11(15)16)5-9(14)12-10/h1-4,7,10,13H,5H2,(H,12,14)(H,15,16)/t7-,10+/m0/s1. The third-order valence-corrected chi connectivity index (χ3v) is 2.71. The molecule has 1 aromatic carbocycles. The van der Waals surface area contributed by atoms with Crippen molar-refractivity contribution in [2.24, 2.45) is 5.92 Å². The summed E-state index contributed by atoms with van der Waals surface area (Å²) >= 11 is 0. The molecule has 0 aromatic heterocycles. The molecule has 2 atom stereocenters. The van der Waals surface area contributed by atoms with E-state index in [1.54, 1.807) is 18.2 Å². The molecule has 0 radical (unpaired) electrons. The van der Waals surface area contributed by atoms with E-state index in [4.69, 9.17) is 5.11 Å². The zero-order valence-corrected chi connectivity index (χ0v) is 8.38.